The highest BCUT2D eigenvalue weighted by molar-refractivity contribution is 5.75. The third kappa shape index (κ3) is 3.37. The Bertz CT molecular complexity index is 596. The van der Waals surface area contributed by atoms with E-state index in [2.05, 4.69) is 20.6 Å². The predicted octanol–water partition coefficient (Wildman–Crippen LogP) is -1.03. The molecule has 9 nitrogen and oxygen atoms in total. The standard InChI is InChI=1S/C12H16N6O3/c1-17-5-9(4-15-17)21-11-8-20-7-10(11)16-12(19)6-18-13-2-3-14-18/h2-5,10-11H,6-8H2,1H3,(H,16,19)/t10-,11+/m0/s1. The van der Waals surface area contributed by atoms with E-state index in [1.165, 1.54) is 17.2 Å². The summed E-state index contributed by atoms with van der Waals surface area (Å²) in [6.07, 6.45) is 6.22. The molecule has 21 heavy (non-hydrogen) atoms. The van der Waals surface area contributed by atoms with E-state index in [4.69, 9.17) is 9.47 Å². The molecule has 0 saturated carbocycles. The van der Waals surface area contributed by atoms with Crippen LogP contribution in [0.1, 0.15) is 0 Å². The number of aromatic nitrogens is 5. The third-order valence-corrected chi connectivity index (χ3v) is 3.09. The molecule has 0 radical (unpaired) electrons. The Morgan fingerprint density at radius 2 is 2.24 bits per heavy atom. The summed E-state index contributed by atoms with van der Waals surface area (Å²) in [6, 6.07) is -0.201. The Hall–Kier alpha value is -2.42. The van der Waals surface area contributed by atoms with Gasteiger partial charge in [-0.25, -0.2) is 0 Å². The predicted molar refractivity (Wildman–Crippen MR) is 70.4 cm³/mol. The molecular formula is C12H16N6O3. The van der Waals surface area contributed by atoms with E-state index in [9.17, 15) is 4.79 Å². The second-order valence-corrected chi connectivity index (χ2v) is 4.78. The van der Waals surface area contributed by atoms with E-state index in [1.807, 2.05) is 7.05 Å². The second kappa shape index (κ2) is 5.92. The van der Waals surface area contributed by atoms with E-state index in [-0.39, 0.29) is 24.6 Å². The van der Waals surface area contributed by atoms with Crippen LogP contribution in [0.3, 0.4) is 0 Å². The molecule has 1 saturated heterocycles. The van der Waals surface area contributed by atoms with E-state index < -0.39 is 0 Å². The molecule has 1 aliphatic heterocycles. The van der Waals surface area contributed by atoms with Crippen LogP contribution in [0.5, 0.6) is 5.75 Å². The van der Waals surface area contributed by atoms with Crippen molar-refractivity contribution in [2.75, 3.05) is 13.2 Å². The Balaban J connectivity index is 1.55. The first-order valence-electron chi connectivity index (χ1n) is 6.57. The zero-order valence-electron chi connectivity index (χ0n) is 11.5. The molecule has 0 bridgehead atoms. The van der Waals surface area contributed by atoms with Crippen LogP contribution in [-0.4, -0.2) is 56.0 Å². The highest BCUT2D eigenvalue weighted by atomic mass is 16.5. The molecule has 0 spiro atoms. The van der Waals surface area contributed by atoms with Gasteiger partial charge in [-0.1, -0.05) is 0 Å². The Morgan fingerprint density at radius 3 is 2.95 bits per heavy atom. The largest absolute Gasteiger partial charge is 0.482 e. The van der Waals surface area contributed by atoms with Gasteiger partial charge in [0.25, 0.3) is 0 Å². The van der Waals surface area contributed by atoms with Gasteiger partial charge in [0.2, 0.25) is 5.91 Å². The van der Waals surface area contributed by atoms with Gasteiger partial charge in [-0.2, -0.15) is 20.1 Å². The number of nitrogens with zero attached hydrogens (tertiary/aromatic N) is 5. The summed E-state index contributed by atoms with van der Waals surface area (Å²) in [7, 11) is 1.81. The highest BCUT2D eigenvalue weighted by Crippen LogP contribution is 2.16. The van der Waals surface area contributed by atoms with Gasteiger partial charge in [0.15, 0.2) is 5.75 Å². The van der Waals surface area contributed by atoms with E-state index >= 15 is 0 Å². The van der Waals surface area contributed by atoms with Crippen molar-refractivity contribution in [1.29, 1.82) is 0 Å². The third-order valence-electron chi connectivity index (χ3n) is 3.09. The number of hydrogen-bond acceptors (Lipinski definition) is 6. The Kier molecular flexibility index (Phi) is 3.82. The SMILES string of the molecule is Cn1cc(O[C@@H]2COC[C@@H]2NC(=O)Cn2nccn2)cn1. The van der Waals surface area contributed by atoms with Crippen molar-refractivity contribution in [2.24, 2.45) is 7.05 Å². The number of rotatable bonds is 5. The number of amides is 1. The second-order valence-electron chi connectivity index (χ2n) is 4.78. The van der Waals surface area contributed by atoms with Crippen molar-refractivity contribution in [1.82, 2.24) is 30.1 Å². The lowest BCUT2D eigenvalue weighted by Gasteiger charge is -2.19. The van der Waals surface area contributed by atoms with Crippen molar-refractivity contribution in [3.8, 4) is 5.75 Å². The summed E-state index contributed by atoms with van der Waals surface area (Å²) in [6.45, 7) is 0.923. The molecule has 0 aromatic carbocycles. The zero-order valence-corrected chi connectivity index (χ0v) is 11.5. The fourth-order valence-electron chi connectivity index (χ4n) is 2.13. The molecule has 1 amide bonds. The number of nitrogens with one attached hydrogen (secondary N) is 1. The fraction of sp³-hybridized carbons (Fsp3) is 0.500. The first-order valence-corrected chi connectivity index (χ1v) is 6.57. The van der Waals surface area contributed by atoms with Gasteiger partial charge in [0.05, 0.1) is 44.0 Å². The van der Waals surface area contributed by atoms with Gasteiger partial charge < -0.3 is 14.8 Å². The Labute approximate surface area is 120 Å². The van der Waals surface area contributed by atoms with Crippen molar-refractivity contribution in [3.63, 3.8) is 0 Å². The molecule has 2 atom stereocenters. The molecule has 1 aliphatic rings. The van der Waals surface area contributed by atoms with Crippen molar-refractivity contribution in [3.05, 3.63) is 24.8 Å². The highest BCUT2D eigenvalue weighted by Gasteiger charge is 2.31. The maximum absolute atomic E-state index is 11.9. The van der Waals surface area contributed by atoms with Gasteiger partial charge in [0, 0.05) is 7.05 Å². The number of carbonyl (C=O) groups excluding carboxylic acids is 1. The van der Waals surface area contributed by atoms with Gasteiger partial charge in [-0.05, 0) is 0 Å². The van der Waals surface area contributed by atoms with Gasteiger partial charge in [-0.15, -0.1) is 0 Å². The van der Waals surface area contributed by atoms with Crippen LogP contribution in [0.2, 0.25) is 0 Å². The van der Waals surface area contributed by atoms with Gasteiger partial charge in [-0.3, -0.25) is 9.48 Å². The molecule has 112 valence electrons. The molecule has 9 heteroatoms. The lowest BCUT2D eigenvalue weighted by atomic mass is 10.2. The first-order chi connectivity index (χ1) is 10.2. The van der Waals surface area contributed by atoms with Crippen LogP contribution in [0.15, 0.2) is 24.8 Å². The maximum atomic E-state index is 11.9. The fourth-order valence-corrected chi connectivity index (χ4v) is 2.13. The number of hydrogen-bond donors (Lipinski definition) is 1. The van der Waals surface area contributed by atoms with E-state index in [1.54, 1.807) is 17.1 Å². The zero-order chi connectivity index (χ0) is 14.7. The lowest BCUT2D eigenvalue weighted by molar-refractivity contribution is -0.123. The molecule has 1 fully saturated rings. The first kappa shape index (κ1) is 13.6. The minimum atomic E-state index is -0.233. The summed E-state index contributed by atoms with van der Waals surface area (Å²) in [5.74, 6) is 0.475. The molecule has 3 heterocycles. The van der Waals surface area contributed by atoms with Crippen LogP contribution in [0.25, 0.3) is 0 Å². The van der Waals surface area contributed by atoms with Crippen LogP contribution in [-0.2, 0) is 23.1 Å². The van der Waals surface area contributed by atoms with E-state index in [0.717, 1.165) is 0 Å². The molecule has 1 N–H and O–H groups in total. The summed E-state index contributed by atoms with van der Waals surface area (Å²) in [5.41, 5.74) is 0. The lowest BCUT2D eigenvalue weighted by Crippen LogP contribution is -2.46. The molecule has 2 aromatic heterocycles. The summed E-state index contributed by atoms with van der Waals surface area (Å²) in [5, 5.41) is 14.7. The molecule has 3 rings (SSSR count). The Morgan fingerprint density at radius 1 is 1.43 bits per heavy atom. The molecule has 2 aromatic rings. The van der Waals surface area contributed by atoms with Crippen LogP contribution >= 0.6 is 0 Å². The molecule has 0 aliphatic carbocycles. The molecule has 0 unspecified atom stereocenters. The monoisotopic (exact) mass is 292 g/mol. The van der Waals surface area contributed by atoms with Crippen LogP contribution in [0.4, 0.5) is 0 Å². The van der Waals surface area contributed by atoms with Gasteiger partial charge in [0.1, 0.15) is 12.6 Å². The summed E-state index contributed by atoms with van der Waals surface area (Å²) >= 11 is 0. The average molecular weight is 292 g/mol. The number of ether oxygens (including phenoxy) is 2. The topological polar surface area (TPSA) is 96.1 Å². The van der Waals surface area contributed by atoms with Crippen molar-refractivity contribution >= 4 is 5.91 Å². The normalized spacial score (nSPS) is 21.4. The number of aryl methyl sites for hydroxylation is 1. The maximum Gasteiger partial charge on any atom is 0.244 e. The quantitative estimate of drug-likeness (QED) is 0.757. The van der Waals surface area contributed by atoms with Gasteiger partial charge >= 0.3 is 0 Å². The smallest absolute Gasteiger partial charge is 0.244 e. The van der Waals surface area contributed by atoms with Crippen LogP contribution in [0, 0.1) is 0 Å². The minimum Gasteiger partial charge on any atom is -0.482 e. The van der Waals surface area contributed by atoms with Crippen molar-refractivity contribution in [2.45, 2.75) is 18.7 Å². The number of carbonyl (C=O) groups is 1. The summed E-state index contributed by atoms with van der Waals surface area (Å²) in [4.78, 5) is 13.3. The van der Waals surface area contributed by atoms with Crippen LogP contribution < -0.4 is 10.1 Å². The molecular weight excluding hydrogens is 276 g/mol. The minimum absolute atomic E-state index is 0.0725. The average Bonchev–Trinajstić information content (AvgIpc) is 3.15. The van der Waals surface area contributed by atoms with E-state index in [0.29, 0.717) is 19.0 Å². The van der Waals surface area contributed by atoms with Crippen molar-refractivity contribution < 1.29 is 14.3 Å². The summed E-state index contributed by atoms with van der Waals surface area (Å²) < 4.78 is 12.8.